The largest absolute Gasteiger partial charge is 0.367 e. The van der Waals surface area contributed by atoms with Gasteiger partial charge in [-0.1, -0.05) is 13.3 Å². The van der Waals surface area contributed by atoms with Gasteiger partial charge >= 0.3 is 0 Å². The number of hydrogen-bond acceptors (Lipinski definition) is 3. The lowest BCUT2D eigenvalue weighted by Crippen LogP contribution is -2.22. The van der Waals surface area contributed by atoms with Crippen molar-refractivity contribution in [1.82, 2.24) is 9.97 Å². The average Bonchev–Trinajstić information content (AvgIpc) is 2.18. The van der Waals surface area contributed by atoms with Crippen molar-refractivity contribution in [3.63, 3.8) is 0 Å². The first-order valence-corrected chi connectivity index (χ1v) is 5.54. The molecule has 15 heavy (non-hydrogen) atoms. The molecule has 0 amide bonds. The third kappa shape index (κ3) is 2.25. The molecular weight excluding hydrogens is 193 g/mol. The molecule has 0 aromatic carbocycles. The summed E-state index contributed by atoms with van der Waals surface area (Å²) in [6, 6.07) is 0. The van der Waals surface area contributed by atoms with E-state index >= 15 is 0 Å². The molecule has 0 bridgehead atoms. The quantitative estimate of drug-likeness (QED) is 0.827. The lowest BCUT2D eigenvalue weighted by molar-refractivity contribution is 0.332. The van der Waals surface area contributed by atoms with Crippen LogP contribution in [-0.2, 0) is 6.42 Å². The molecule has 1 aromatic heterocycles. The van der Waals surface area contributed by atoms with Gasteiger partial charge in [-0.25, -0.2) is 14.4 Å². The van der Waals surface area contributed by atoms with E-state index in [0.717, 1.165) is 6.54 Å². The number of nitrogens with one attached hydrogen (secondary N) is 1. The van der Waals surface area contributed by atoms with Gasteiger partial charge in [0.2, 0.25) is 0 Å². The van der Waals surface area contributed by atoms with Crippen LogP contribution in [0.4, 0.5) is 10.2 Å². The summed E-state index contributed by atoms with van der Waals surface area (Å²) in [5, 5.41) is 3.06. The second-order valence-corrected chi connectivity index (χ2v) is 4.01. The Kier molecular flexibility index (Phi) is 3.14. The van der Waals surface area contributed by atoms with Gasteiger partial charge < -0.3 is 5.32 Å². The van der Waals surface area contributed by atoms with E-state index in [1.807, 2.05) is 6.92 Å². The monoisotopic (exact) mass is 209 g/mol. The molecule has 1 aliphatic carbocycles. The van der Waals surface area contributed by atoms with Crippen molar-refractivity contribution < 1.29 is 4.39 Å². The van der Waals surface area contributed by atoms with Gasteiger partial charge in [-0.05, 0) is 25.2 Å². The van der Waals surface area contributed by atoms with Crippen molar-refractivity contribution in [1.29, 1.82) is 0 Å². The van der Waals surface area contributed by atoms with E-state index in [2.05, 4.69) is 15.3 Å². The number of nitrogens with zero attached hydrogens (tertiary/aromatic N) is 2. The maximum Gasteiger partial charge on any atom is 0.186 e. The normalized spacial score (nSPS) is 16.1. The van der Waals surface area contributed by atoms with E-state index in [1.54, 1.807) is 0 Å². The average molecular weight is 209 g/mol. The van der Waals surface area contributed by atoms with Gasteiger partial charge in [0.1, 0.15) is 6.33 Å². The maximum absolute atomic E-state index is 13.7. The fourth-order valence-corrected chi connectivity index (χ4v) is 1.71. The van der Waals surface area contributed by atoms with Crippen LogP contribution >= 0.6 is 0 Å². The molecule has 1 fully saturated rings. The molecule has 0 aliphatic heterocycles. The predicted molar refractivity (Wildman–Crippen MR) is 57.2 cm³/mol. The lowest BCUT2D eigenvalue weighted by Gasteiger charge is -2.25. The molecule has 3 nitrogen and oxygen atoms in total. The van der Waals surface area contributed by atoms with Crippen molar-refractivity contribution in [3.05, 3.63) is 17.8 Å². The molecule has 0 unspecified atom stereocenters. The highest BCUT2D eigenvalue weighted by Crippen LogP contribution is 2.26. The van der Waals surface area contributed by atoms with Crippen LogP contribution in [-0.4, -0.2) is 16.5 Å². The Bertz CT molecular complexity index is 337. The zero-order valence-electron chi connectivity index (χ0n) is 8.96. The van der Waals surface area contributed by atoms with Crippen molar-refractivity contribution in [2.45, 2.75) is 32.6 Å². The van der Waals surface area contributed by atoms with Crippen LogP contribution in [0.5, 0.6) is 0 Å². The summed E-state index contributed by atoms with van der Waals surface area (Å²) >= 11 is 0. The molecule has 0 atom stereocenters. The Morgan fingerprint density at radius 1 is 1.47 bits per heavy atom. The second-order valence-electron chi connectivity index (χ2n) is 4.01. The molecule has 1 aliphatic rings. The fraction of sp³-hybridized carbons (Fsp3) is 0.636. The summed E-state index contributed by atoms with van der Waals surface area (Å²) in [4.78, 5) is 7.81. The minimum atomic E-state index is -0.292. The number of aromatic nitrogens is 2. The van der Waals surface area contributed by atoms with Gasteiger partial charge in [-0.15, -0.1) is 0 Å². The first-order chi connectivity index (χ1) is 7.31. The maximum atomic E-state index is 13.7. The lowest BCUT2D eigenvalue weighted by atomic mass is 9.85. The van der Waals surface area contributed by atoms with E-state index in [4.69, 9.17) is 0 Å². The van der Waals surface area contributed by atoms with Gasteiger partial charge in [0.15, 0.2) is 11.6 Å². The summed E-state index contributed by atoms with van der Waals surface area (Å²) in [5.74, 6) is 0.762. The first kappa shape index (κ1) is 10.3. The number of anilines is 1. The minimum absolute atomic E-state index is 0.292. The Balaban J connectivity index is 2.00. The zero-order chi connectivity index (χ0) is 10.7. The molecule has 2 rings (SSSR count). The molecule has 82 valence electrons. The number of rotatable bonds is 4. The number of halogens is 1. The third-order valence-electron chi connectivity index (χ3n) is 2.98. The van der Waals surface area contributed by atoms with Gasteiger partial charge in [0.05, 0.1) is 5.69 Å². The summed E-state index contributed by atoms with van der Waals surface area (Å²) in [6.45, 7) is 2.72. The van der Waals surface area contributed by atoms with Crippen molar-refractivity contribution >= 4 is 5.82 Å². The van der Waals surface area contributed by atoms with Crippen LogP contribution < -0.4 is 5.32 Å². The Morgan fingerprint density at radius 2 is 2.27 bits per heavy atom. The Morgan fingerprint density at radius 3 is 2.87 bits per heavy atom. The van der Waals surface area contributed by atoms with Crippen molar-refractivity contribution in [2.75, 3.05) is 11.9 Å². The van der Waals surface area contributed by atoms with E-state index in [0.29, 0.717) is 23.9 Å². The fourth-order valence-electron chi connectivity index (χ4n) is 1.71. The van der Waals surface area contributed by atoms with Gasteiger partial charge in [0.25, 0.3) is 0 Å². The topological polar surface area (TPSA) is 37.8 Å². The van der Waals surface area contributed by atoms with Crippen LogP contribution in [0.25, 0.3) is 0 Å². The van der Waals surface area contributed by atoms with E-state index in [1.165, 1.54) is 25.6 Å². The van der Waals surface area contributed by atoms with Crippen LogP contribution in [0.2, 0.25) is 0 Å². The highest BCUT2D eigenvalue weighted by Gasteiger charge is 2.18. The molecule has 1 saturated carbocycles. The van der Waals surface area contributed by atoms with E-state index in [9.17, 15) is 4.39 Å². The molecule has 4 heteroatoms. The highest BCUT2D eigenvalue weighted by molar-refractivity contribution is 5.37. The molecule has 1 heterocycles. The van der Waals surface area contributed by atoms with Gasteiger partial charge in [0, 0.05) is 6.54 Å². The molecule has 0 radical (unpaired) electrons. The smallest absolute Gasteiger partial charge is 0.186 e. The van der Waals surface area contributed by atoms with Crippen LogP contribution in [0.15, 0.2) is 6.33 Å². The Hall–Kier alpha value is -1.19. The standard InChI is InChI=1S/C11H16FN3/c1-2-9-10(12)11(15-7-14-9)13-6-8-4-3-5-8/h7-8H,2-6H2,1H3,(H,13,14,15). The molecular formula is C11H16FN3. The van der Waals surface area contributed by atoms with Crippen molar-refractivity contribution in [2.24, 2.45) is 5.92 Å². The molecule has 1 aromatic rings. The van der Waals surface area contributed by atoms with Crippen LogP contribution in [0.3, 0.4) is 0 Å². The van der Waals surface area contributed by atoms with Crippen molar-refractivity contribution in [3.8, 4) is 0 Å². The van der Waals surface area contributed by atoms with Gasteiger partial charge in [-0.3, -0.25) is 0 Å². The number of hydrogen-bond donors (Lipinski definition) is 1. The molecule has 0 saturated heterocycles. The number of aryl methyl sites for hydroxylation is 1. The summed E-state index contributed by atoms with van der Waals surface area (Å²) in [6.07, 6.45) is 5.83. The summed E-state index contributed by atoms with van der Waals surface area (Å²) < 4.78 is 13.7. The van der Waals surface area contributed by atoms with Crippen LogP contribution in [0, 0.1) is 11.7 Å². The van der Waals surface area contributed by atoms with Crippen LogP contribution in [0.1, 0.15) is 31.9 Å². The molecule has 1 N–H and O–H groups in total. The Labute approximate surface area is 89.1 Å². The predicted octanol–water partition coefficient (Wildman–Crippen LogP) is 2.39. The third-order valence-corrected chi connectivity index (χ3v) is 2.98. The summed E-state index contributed by atoms with van der Waals surface area (Å²) in [5.41, 5.74) is 0.487. The highest BCUT2D eigenvalue weighted by atomic mass is 19.1. The molecule has 0 spiro atoms. The summed E-state index contributed by atoms with van der Waals surface area (Å²) in [7, 11) is 0. The minimum Gasteiger partial charge on any atom is -0.367 e. The van der Waals surface area contributed by atoms with Gasteiger partial charge in [-0.2, -0.15) is 0 Å². The van der Waals surface area contributed by atoms with E-state index in [-0.39, 0.29) is 5.82 Å². The second kappa shape index (κ2) is 4.55. The van der Waals surface area contributed by atoms with E-state index < -0.39 is 0 Å². The SMILES string of the molecule is CCc1ncnc(NCC2CCC2)c1F. The first-order valence-electron chi connectivity index (χ1n) is 5.54. The zero-order valence-corrected chi connectivity index (χ0v) is 8.96.